The van der Waals surface area contributed by atoms with E-state index in [1.54, 1.807) is 11.8 Å². The van der Waals surface area contributed by atoms with E-state index in [0.29, 0.717) is 24.2 Å². The SMILES string of the molecule is CC(CCO)SCC(O)COCc1ccccc1. The zero-order valence-electron chi connectivity index (χ0n) is 10.8. The van der Waals surface area contributed by atoms with E-state index in [1.165, 1.54) is 0 Å². The molecule has 2 atom stereocenters. The average molecular weight is 270 g/mol. The van der Waals surface area contributed by atoms with Crippen molar-refractivity contribution in [3.63, 3.8) is 0 Å². The van der Waals surface area contributed by atoms with Crippen LogP contribution in [-0.2, 0) is 11.3 Å². The minimum Gasteiger partial charge on any atom is -0.396 e. The van der Waals surface area contributed by atoms with Gasteiger partial charge in [0.1, 0.15) is 0 Å². The third kappa shape index (κ3) is 7.01. The van der Waals surface area contributed by atoms with Crippen LogP contribution in [0, 0.1) is 0 Å². The Labute approximate surface area is 113 Å². The van der Waals surface area contributed by atoms with Gasteiger partial charge in [-0.2, -0.15) is 11.8 Å². The molecule has 2 unspecified atom stereocenters. The summed E-state index contributed by atoms with van der Waals surface area (Å²) in [6.07, 6.45) is 0.322. The maximum Gasteiger partial charge on any atom is 0.0864 e. The Morgan fingerprint density at radius 1 is 1.28 bits per heavy atom. The molecule has 0 aliphatic heterocycles. The zero-order chi connectivity index (χ0) is 13.2. The smallest absolute Gasteiger partial charge is 0.0864 e. The number of rotatable bonds is 9. The highest BCUT2D eigenvalue weighted by molar-refractivity contribution is 7.99. The van der Waals surface area contributed by atoms with Gasteiger partial charge in [-0.25, -0.2) is 0 Å². The Bertz CT molecular complexity index is 305. The van der Waals surface area contributed by atoms with Crippen molar-refractivity contribution < 1.29 is 14.9 Å². The van der Waals surface area contributed by atoms with Crippen molar-refractivity contribution in [3.05, 3.63) is 35.9 Å². The molecule has 0 aliphatic rings. The normalized spacial score (nSPS) is 14.4. The molecule has 0 aromatic heterocycles. The molecule has 0 heterocycles. The number of ether oxygens (including phenoxy) is 1. The van der Waals surface area contributed by atoms with Gasteiger partial charge in [-0.1, -0.05) is 37.3 Å². The molecule has 1 rings (SSSR count). The van der Waals surface area contributed by atoms with E-state index < -0.39 is 6.10 Å². The summed E-state index contributed by atoms with van der Waals surface area (Å²) in [7, 11) is 0. The van der Waals surface area contributed by atoms with Gasteiger partial charge in [-0.05, 0) is 12.0 Å². The first-order chi connectivity index (χ1) is 8.72. The Hall–Kier alpha value is -0.550. The van der Waals surface area contributed by atoms with Crippen LogP contribution in [0.15, 0.2) is 30.3 Å². The van der Waals surface area contributed by atoms with Crippen LogP contribution in [0.5, 0.6) is 0 Å². The zero-order valence-corrected chi connectivity index (χ0v) is 11.6. The number of hydrogen-bond acceptors (Lipinski definition) is 4. The first kappa shape index (κ1) is 15.5. The van der Waals surface area contributed by atoms with Crippen molar-refractivity contribution >= 4 is 11.8 Å². The van der Waals surface area contributed by atoms with Crippen LogP contribution in [0.3, 0.4) is 0 Å². The van der Waals surface area contributed by atoms with Gasteiger partial charge >= 0.3 is 0 Å². The highest BCUT2D eigenvalue weighted by Gasteiger charge is 2.08. The van der Waals surface area contributed by atoms with E-state index in [2.05, 4.69) is 6.92 Å². The fourth-order valence-corrected chi connectivity index (χ4v) is 2.39. The molecular formula is C14H22O3S. The second-order valence-electron chi connectivity index (χ2n) is 4.31. The standard InChI is InChI=1S/C14H22O3S/c1-12(7-8-15)18-11-14(16)10-17-9-13-5-3-2-4-6-13/h2-6,12,14-16H,7-11H2,1H3. The highest BCUT2D eigenvalue weighted by atomic mass is 32.2. The van der Waals surface area contributed by atoms with Crippen molar-refractivity contribution in [2.75, 3.05) is 19.0 Å². The average Bonchev–Trinajstić information content (AvgIpc) is 2.38. The molecule has 0 bridgehead atoms. The lowest BCUT2D eigenvalue weighted by Crippen LogP contribution is -2.19. The van der Waals surface area contributed by atoms with Gasteiger partial charge in [0, 0.05) is 17.6 Å². The van der Waals surface area contributed by atoms with Crippen LogP contribution < -0.4 is 0 Å². The molecule has 0 aliphatic carbocycles. The molecule has 102 valence electrons. The summed E-state index contributed by atoms with van der Waals surface area (Å²) in [5.41, 5.74) is 1.12. The topological polar surface area (TPSA) is 49.7 Å². The molecule has 0 saturated carbocycles. The Morgan fingerprint density at radius 2 is 2.00 bits per heavy atom. The molecule has 1 aromatic rings. The first-order valence-electron chi connectivity index (χ1n) is 6.24. The maximum atomic E-state index is 9.74. The lowest BCUT2D eigenvalue weighted by atomic mass is 10.2. The van der Waals surface area contributed by atoms with Gasteiger partial charge in [0.05, 0.1) is 19.3 Å². The van der Waals surface area contributed by atoms with Crippen molar-refractivity contribution in [1.82, 2.24) is 0 Å². The van der Waals surface area contributed by atoms with Gasteiger partial charge in [0.15, 0.2) is 0 Å². The van der Waals surface area contributed by atoms with E-state index in [9.17, 15) is 5.11 Å². The molecule has 3 nitrogen and oxygen atoms in total. The quantitative estimate of drug-likeness (QED) is 0.721. The number of benzene rings is 1. The number of hydrogen-bond donors (Lipinski definition) is 2. The summed E-state index contributed by atoms with van der Waals surface area (Å²) in [6, 6.07) is 9.93. The van der Waals surface area contributed by atoms with Gasteiger partial charge in [-0.3, -0.25) is 0 Å². The number of thioether (sulfide) groups is 1. The van der Waals surface area contributed by atoms with Gasteiger partial charge < -0.3 is 14.9 Å². The monoisotopic (exact) mass is 270 g/mol. The second-order valence-corrected chi connectivity index (χ2v) is 5.78. The van der Waals surface area contributed by atoms with Gasteiger partial charge in [0.25, 0.3) is 0 Å². The van der Waals surface area contributed by atoms with Gasteiger partial charge in [0.2, 0.25) is 0 Å². The summed E-state index contributed by atoms with van der Waals surface area (Å²) in [4.78, 5) is 0. The van der Waals surface area contributed by atoms with E-state index in [-0.39, 0.29) is 6.61 Å². The minimum absolute atomic E-state index is 0.203. The maximum absolute atomic E-state index is 9.74. The Balaban J connectivity index is 2.08. The van der Waals surface area contributed by atoms with Crippen LogP contribution in [0.2, 0.25) is 0 Å². The molecule has 1 aromatic carbocycles. The van der Waals surface area contributed by atoms with Crippen LogP contribution in [0.1, 0.15) is 18.9 Å². The molecule has 0 fully saturated rings. The van der Waals surface area contributed by atoms with Gasteiger partial charge in [-0.15, -0.1) is 0 Å². The fraction of sp³-hybridized carbons (Fsp3) is 0.571. The second kappa shape index (κ2) is 9.39. The Morgan fingerprint density at radius 3 is 2.67 bits per heavy atom. The molecular weight excluding hydrogens is 248 g/mol. The van der Waals surface area contributed by atoms with Crippen LogP contribution in [0.4, 0.5) is 0 Å². The molecule has 4 heteroatoms. The molecule has 2 N–H and O–H groups in total. The Kier molecular flexibility index (Phi) is 8.09. The molecule has 18 heavy (non-hydrogen) atoms. The lowest BCUT2D eigenvalue weighted by molar-refractivity contribution is 0.0397. The van der Waals surface area contributed by atoms with Crippen LogP contribution in [-0.4, -0.2) is 40.5 Å². The predicted molar refractivity (Wildman–Crippen MR) is 75.7 cm³/mol. The predicted octanol–water partition coefficient (Wildman–Crippen LogP) is 2.07. The number of aliphatic hydroxyl groups excluding tert-OH is 2. The molecule has 0 radical (unpaired) electrons. The summed E-state index contributed by atoms with van der Waals surface area (Å²) in [6.45, 7) is 3.15. The highest BCUT2D eigenvalue weighted by Crippen LogP contribution is 2.15. The van der Waals surface area contributed by atoms with Crippen molar-refractivity contribution in [2.45, 2.75) is 31.3 Å². The largest absolute Gasteiger partial charge is 0.396 e. The van der Waals surface area contributed by atoms with Crippen LogP contribution in [0.25, 0.3) is 0 Å². The minimum atomic E-state index is -0.445. The molecule has 0 spiro atoms. The third-order valence-corrected chi connectivity index (χ3v) is 3.91. The van der Waals surface area contributed by atoms with E-state index in [4.69, 9.17) is 9.84 Å². The molecule has 0 amide bonds. The lowest BCUT2D eigenvalue weighted by Gasteiger charge is -2.14. The van der Waals surface area contributed by atoms with Crippen LogP contribution >= 0.6 is 11.8 Å². The number of aliphatic hydroxyl groups is 2. The van der Waals surface area contributed by atoms with E-state index in [0.717, 1.165) is 12.0 Å². The van der Waals surface area contributed by atoms with Crippen molar-refractivity contribution in [1.29, 1.82) is 0 Å². The van der Waals surface area contributed by atoms with Crippen molar-refractivity contribution in [2.24, 2.45) is 0 Å². The third-order valence-electron chi connectivity index (χ3n) is 2.53. The summed E-state index contributed by atoms with van der Waals surface area (Å²) >= 11 is 1.67. The van der Waals surface area contributed by atoms with Crippen molar-refractivity contribution in [3.8, 4) is 0 Å². The first-order valence-corrected chi connectivity index (χ1v) is 7.29. The summed E-state index contributed by atoms with van der Waals surface area (Å²) in [5, 5.41) is 18.9. The molecule has 0 saturated heterocycles. The summed E-state index contributed by atoms with van der Waals surface area (Å²) < 4.78 is 5.46. The van der Waals surface area contributed by atoms with E-state index in [1.807, 2.05) is 30.3 Å². The summed E-state index contributed by atoms with van der Waals surface area (Å²) in [5.74, 6) is 0.649. The van der Waals surface area contributed by atoms with E-state index >= 15 is 0 Å². The fourth-order valence-electron chi connectivity index (χ4n) is 1.48.